The molecule has 3 aromatic rings. The van der Waals surface area contributed by atoms with Gasteiger partial charge in [-0.05, 0) is 23.9 Å². The maximum absolute atomic E-state index is 13.0. The van der Waals surface area contributed by atoms with Crippen molar-refractivity contribution in [3.8, 4) is 10.6 Å². The molecule has 0 bridgehead atoms. The van der Waals surface area contributed by atoms with Gasteiger partial charge in [0.15, 0.2) is 0 Å². The Hall–Kier alpha value is -2.06. The minimum absolute atomic E-state index is 0.0692. The largest absolute Gasteiger partial charge is 0.387 e. The summed E-state index contributed by atoms with van der Waals surface area (Å²) in [5.74, 6) is 0.0692. The van der Waals surface area contributed by atoms with E-state index in [9.17, 15) is 9.90 Å². The molecule has 1 aromatic carbocycles. The first-order chi connectivity index (χ1) is 13.6. The Bertz CT molecular complexity index is 917. The van der Waals surface area contributed by atoms with Crippen LogP contribution in [0.5, 0.6) is 0 Å². The van der Waals surface area contributed by atoms with Crippen LogP contribution in [0.15, 0.2) is 47.2 Å². The van der Waals surface area contributed by atoms with Gasteiger partial charge < -0.3 is 10.0 Å². The molecule has 7 heteroatoms. The van der Waals surface area contributed by atoms with E-state index in [2.05, 4.69) is 15.3 Å². The number of hydrogen-bond donors (Lipinski definition) is 1. The fraction of sp³-hybridized carbons (Fsp3) is 0.333. The Balaban J connectivity index is 1.35. The van der Waals surface area contributed by atoms with E-state index in [4.69, 9.17) is 0 Å². The van der Waals surface area contributed by atoms with Crippen LogP contribution < -0.4 is 0 Å². The van der Waals surface area contributed by atoms with Gasteiger partial charge in [0.25, 0.3) is 5.91 Å². The van der Waals surface area contributed by atoms with Crippen LogP contribution in [0, 0.1) is 6.92 Å². The Labute approximate surface area is 172 Å². The second kappa shape index (κ2) is 8.53. The number of benzene rings is 1. The Morgan fingerprint density at radius 2 is 1.93 bits per heavy atom. The molecule has 4 rings (SSSR count). The van der Waals surface area contributed by atoms with E-state index < -0.39 is 6.10 Å². The first-order valence-corrected chi connectivity index (χ1v) is 11.1. The molecule has 1 aliphatic rings. The zero-order valence-electron chi connectivity index (χ0n) is 15.7. The van der Waals surface area contributed by atoms with E-state index in [1.807, 2.05) is 53.6 Å². The van der Waals surface area contributed by atoms with Crippen LogP contribution in [0.2, 0.25) is 0 Å². The van der Waals surface area contributed by atoms with E-state index in [1.165, 1.54) is 11.3 Å². The van der Waals surface area contributed by atoms with Crippen molar-refractivity contribution in [1.82, 2.24) is 14.8 Å². The van der Waals surface area contributed by atoms with E-state index in [-0.39, 0.29) is 5.91 Å². The molecule has 28 heavy (non-hydrogen) atoms. The number of carbonyl (C=O) groups excluding carboxylic acids is 1. The fourth-order valence-electron chi connectivity index (χ4n) is 3.41. The lowest BCUT2D eigenvalue weighted by atomic mass is 10.1. The van der Waals surface area contributed by atoms with Gasteiger partial charge in [-0.25, -0.2) is 4.98 Å². The topological polar surface area (TPSA) is 56.7 Å². The Morgan fingerprint density at radius 1 is 1.18 bits per heavy atom. The molecule has 146 valence electrons. The van der Waals surface area contributed by atoms with Gasteiger partial charge in [-0.15, -0.1) is 11.3 Å². The molecule has 1 saturated heterocycles. The van der Waals surface area contributed by atoms with Crippen molar-refractivity contribution >= 4 is 28.6 Å². The molecular weight excluding hydrogens is 390 g/mol. The number of thiophene rings is 1. The van der Waals surface area contributed by atoms with Crippen LogP contribution in [-0.4, -0.2) is 58.5 Å². The lowest BCUT2D eigenvalue weighted by Gasteiger charge is -2.35. The molecule has 1 aliphatic heterocycles. The summed E-state index contributed by atoms with van der Waals surface area (Å²) < 4.78 is 0. The number of amides is 1. The molecule has 1 N–H and O–H groups in total. The number of hydrogen-bond acceptors (Lipinski definition) is 6. The number of nitrogens with zero attached hydrogens (tertiary/aromatic N) is 3. The molecule has 5 nitrogen and oxygen atoms in total. The highest BCUT2D eigenvalue weighted by Gasteiger charge is 2.26. The number of β-amino-alcohol motifs (C(OH)–C–C–N with tert-alkyl or cyclic N) is 1. The van der Waals surface area contributed by atoms with Gasteiger partial charge in [0, 0.05) is 43.7 Å². The molecule has 2 aromatic heterocycles. The van der Waals surface area contributed by atoms with Gasteiger partial charge in [0.1, 0.15) is 9.88 Å². The summed E-state index contributed by atoms with van der Waals surface area (Å²) in [4.78, 5) is 22.4. The predicted molar refractivity (Wildman–Crippen MR) is 114 cm³/mol. The molecule has 3 heterocycles. The highest BCUT2D eigenvalue weighted by Crippen LogP contribution is 2.30. The van der Waals surface area contributed by atoms with Crippen molar-refractivity contribution in [2.45, 2.75) is 13.0 Å². The molecule has 0 radical (unpaired) electrons. The van der Waals surface area contributed by atoms with Crippen LogP contribution in [0.4, 0.5) is 0 Å². The van der Waals surface area contributed by atoms with E-state index in [1.54, 1.807) is 11.3 Å². The average Bonchev–Trinajstić information content (AvgIpc) is 3.38. The average molecular weight is 414 g/mol. The second-order valence-electron chi connectivity index (χ2n) is 6.96. The minimum atomic E-state index is -0.500. The molecule has 0 aliphatic carbocycles. The number of rotatable bonds is 5. The predicted octanol–water partition coefficient (Wildman–Crippen LogP) is 3.67. The van der Waals surface area contributed by atoms with E-state index in [0.717, 1.165) is 39.8 Å². The number of aryl methyl sites for hydroxylation is 1. The number of piperazine rings is 1. The van der Waals surface area contributed by atoms with Crippen LogP contribution in [0.3, 0.4) is 0 Å². The molecule has 1 atom stereocenters. The fourth-order valence-corrected chi connectivity index (χ4v) is 5.15. The number of aromatic nitrogens is 1. The zero-order valence-corrected chi connectivity index (χ0v) is 17.4. The standard InChI is InChI=1S/C21H23N3O2S2/c1-15-19(28-20(22-15)17-7-12-27-14-17)21(26)24-10-8-23(9-11-24)13-18(25)16-5-3-2-4-6-16/h2-7,12,14,18,25H,8-11,13H2,1H3. The molecular formula is C21H23N3O2S2. The number of thiazole rings is 1. The van der Waals surface area contributed by atoms with Crippen LogP contribution in [0.25, 0.3) is 10.6 Å². The van der Waals surface area contributed by atoms with Crippen LogP contribution in [0.1, 0.15) is 27.0 Å². The molecule has 1 unspecified atom stereocenters. The molecule has 1 fully saturated rings. The first kappa shape index (κ1) is 19.3. The van der Waals surface area contributed by atoms with Crippen molar-refractivity contribution in [3.05, 3.63) is 63.3 Å². The quantitative estimate of drug-likeness (QED) is 0.693. The van der Waals surface area contributed by atoms with Crippen molar-refractivity contribution in [3.63, 3.8) is 0 Å². The molecule has 0 saturated carbocycles. The maximum Gasteiger partial charge on any atom is 0.265 e. The SMILES string of the molecule is Cc1nc(-c2ccsc2)sc1C(=O)N1CCN(CC(O)c2ccccc2)CC1. The van der Waals surface area contributed by atoms with Crippen molar-refractivity contribution in [2.24, 2.45) is 0 Å². The second-order valence-corrected chi connectivity index (χ2v) is 8.74. The minimum Gasteiger partial charge on any atom is -0.387 e. The van der Waals surface area contributed by atoms with Crippen LogP contribution in [-0.2, 0) is 0 Å². The lowest BCUT2D eigenvalue weighted by Crippen LogP contribution is -2.49. The molecule has 0 spiro atoms. The van der Waals surface area contributed by atoms with Crippen LogP contribution >= 0.6 is 22.7 Å². The number of aliphatic hydroxyl groups is 1. The van der Waals surface area contributed by atoms with Crippen molar-refractivity contribution in [1.29, 1.82) is 0 Å². The summed E-state index contributed by atoms with van der Waals surface area (Å²) in [5, 5.41) is 15.4. The van der Waals surface area contributed by atoms with Crippen molar-refractivity contribution in [2.75, 3.05) is 32.7 Å². The number of carbonyl (C=O) groups is 1. The summed E-state index contributed by atoms with van der Waals surface area (Å²) in [6.45, 7) is 5.38. The summed E-state index contributed by atoms with van der Waals surface area (Å²) in [5.41, 5.74) is 2.82. The highest BCUT2D eigenvalue weighted by atomic mass is 32.1. The van der Waals surface area contributed by atoms with Gasteiger partial charge in [-0.3, -0.25) is 9.69 Å². The third-order valence-electron chi connectivity index (χ3n) is 5.03. The first-order valence-electron chi connectivity index (χ1n) is 9.36. The van der Waals surface area contributed by atoms with E-state index in [0.29, 0.717) is 19.6 Å². The van der Waals surface area contributed by atoms with Gasteiger partial charge in [0.05, 0.1) is 11.8 Å². The zero-order chi connectivity index (χ0) is 19.5. The summed E-state index contributed by atoms with van der Waals surface area (Å²) >= 11 is 3.11. The van der Waals surface area contributed by atoms with Gasteiger partial charge in [-0.1, -0.05) is 30.3 Å². The normalized spacial score (nSPS) is 16.3. The summed E-state index contributed by atoms with van der Waals surface area (Å²) in [6, 6.07) is 11.8. The smallest absolute Gasteiger partial charge is 0.265 e. The van der Waals surface area contributed by atoms with Crippen molar-refractivity contribution < 1.29 is 9.90 Å². The number of aliphatic hydroxyl groups excluding tert-OH is 1. The van der Waals surface area contributed by atoms with E-state index >= 15 is 0 Å². The third kappa shape index (κ3) is 4.17. The van der Waals surface area contributed by atoms with Gasteiger partial charge in [-0.2, -0.15) is 11.3 Å². The summed E-state index contributed by atoms with van der Waals surface area (Å²) in [6.07, 6.45) is -0.500. The Kier molecular flexibility index (Phi) is 5.87. The highest BCUT2D eigenvalue weighted by molar-refractivity contribution is 7.17. The van der Waals surface area contributed by atoms with Gasteiger partial charge >= 0.3 is 0 Å². The molecule has 1 amide bonds. The Morgan fingerprint density at radius 3 is 2.61 bits per heavy atom. The third-order valence-corrected chi connectivity index (χ3v) is 6.91. The van der Waals surface area contributed by atoms with Gasteiger partial charge in [0.2, 0.25) is 0 Å². The maximum atomic E-state index is 13.0. The lowest BCUT2D eigenvalue weighted by molar-refractivity contribution is 0.0530. The summed E-state index contributed by atoms with van der Waals surface area (Å²) in [7, 11) is 0. The monoisotopic (exact) mass is 413 g/mol.